The predicted octanol–water partition coefficient (Wildman–Crippen LogP) is 3.27. The van der Waals surface area contributed by atoms with Crippen LogP contribution in [0.3, 0.4) is 0 Å². The smallest absolute Gasteiger partial charge is 0.258 e. The molecule has 2 rings (SSSR count). The number of rotatable bonds is 2. The number of hydrogen-bond acceptors (Lipinski definition) is 5. The minimum Gasteiger partial charge on any atom is -0.258 e. The van der Waals surface area contributed by atoms with E-state index in [0.717, 1.165) is 22.0 Å². The van der Waals surface area contributed by atoms with E-state index in [1.165, 1.54) is 12.1 Å². The maximum Gasteiger partial charge on any atom is 0.269 e. The summed E-state index contributed by atoms with van der Waals surface area (Å²) in [6.07, 6.45) is 0. The van der Waals surface area contributed by atoms with Crippen molar-refractivity contribution >= 4 is 34.1 Å². The number of allylic oxidation sites excluding steroid dienone is 1. The highest BCUT2D eigenvalue weighted by Crippen LogP contribution is 2.40. The summed E-state index contributed by atoms with van der Waals surface area (Å²) in [5, 5.41) is 19.6. The molecule has 0 amide bonds. The number of hydrogen-bond donors (Lipinski definition) is 0. The molecule has 1 aliphatic heterocycles. The molecule has 1 aliphatic rings. The number of thioether (sulfide) groups is 2. The molecule has 0 spiro atoms. The summed E-state index contributed by atoms with van der Waals surface area (Å²) < 4.78 is 0. The van der Waals surface area contributed by atoms with E-state index in [1.807, 2.05) is 0 Å². The molecule has 17 heavy (non-hydrogen) atoms. The average Bonchev–Trinajstić information content (AvgIpc) is 2.39. The van der Waals surface area contributed by atoms with E-state index in [-0.39, 0.29) is 5.69 Å². The highest BCUT2D eigenvalue weighted by atomic mass is 32.2. The van der Waals surface area contributed by atoms with Crippen LogP contribution in [0.2, 0.25) is 0 Å². The van der Waals surface area contributed by atoms with Crippen molar-refractivity contribution in [1.82, 2.24) is 0 Å². The summed E-state index contributed by atoms with van der Waals surface area (Å²) in [5.74, 6) is 1.90. The third kappa shape index (κ3) is 2.62. The van der Waals surface area contributed by atoms with Crippen LogP contribution < -0.4 is 0 Å². The number of nitro groups is 1. The van der Waals surface area contributed by atoms with Crippen LogP contribution in [0.5, 0.6) is 0 Å². The van der Waals surface area contributed by atoms with Crippen molar-refractivity contribution in [2.45, 2.75) is 0 Å². The van der Waals surface area contributed by atoms with Crippen LogP contribution in [0.25, 0.3) is 4.91 Å². The minimum absolute atomic E-state index is 0.0707. The Hall–Kier alpha value is -1.45. The Morgan fingerprint density at radius 1 is 1.24 bits per heavy atom. The summed E-state index contributed by atoms with van der Waals surface area (Å²) >= 11 is 3.17. The van der Waals surface area contributed by atoms with Crippen LogP contribution in [0.15, 0.2) is 29.2 Å². The molecule has 0 saturated carbocycles. The van der Waals surface area contributed by atoms with Crippen LogP contribution in [-0.4, -0.2) is 16.4 Å². The Bertz CT molecular complexity index is 517. The fourth-order valence-corrected chi connectivity index (χ4v) is 3.67. The Labute approximate surface area is 107 Å². The van der Waals surface area contributed by atoms with E-state index in [0.29, 0.717) is 4.91 Å². The van der Waals surface area contributed by atoms with Gasteiger partial charge in [-0.2, -0.15) is 5.26 Å². The van der Waals surface area contributed by atoms with Gasteiger partial charge in [-0.25, -0.2) is 0 Å². The molecule has 0 aliphatic carbocycles. The van der Waals surface area contributed by atoms with E-state index in [4.69, 9.17) is 5.26 Å². The summed E-state index contributed by atoms with van der Waals surface area (Å²) in [6.45, 7) is 0. The van der Waals surface area contributed by atoms with E-state index in [1.54, 1.807) is 35.7 Å². The van der Waals surface area contributed by atoms with Gasteiger partial charge in [0.15, 0.2) is 0 Å². The third-order valence-corrected chi connectivity index (χ3v) is 4.74. The van der Waals surface area contributed by atoms with Gasteiger partial charge in [0.2, 0.25) is 0 Å². The quantitative estimate of drug-likeness (QED) is 0.605. The van der Waals surface area contributed by atoms with Gasteiger partial charge in [-0.05, 0) is 17.7 Å². The van der Waals surface area contributed by atoms with Crippen molar-refractivity contribution in [2.75, 3.05) is 11.5 Å². The molecule has 1 aromatic rings. The maximum absolute atomic E-state index is 10.5. The van der Waals surface area contributed by atoms with Crippen molar-refractivity contribution in [3.05, 3.63) is 44.8 Å². The standard InChI is InChI=1S/C11H8N2O2S2/c12-7-10-11(17-6-5-16-10)8-1-3-9(4-2-8)13(14)15/h1-4H,5-6H2. The van der Waals surface area contributed by atoms with E-state index in [9.17, 15) is 10.1 Å². The number of nitriles is 1. The van der Waals surface area contributed by atoms with Crippen molar-refractivity contribution in [2.24, 2.45) is 0 Å². The first kappa shape index (κ1) is 12.0. The van der Waals surface area contributed by atoms with Gasteiger partial charge >= 0.3 is 0 Å². The number of nitrogens with zero attached hydrogens (tertiary/aromatic N) is 2. The molecule has 0 aromatic heterocycles. The van der Waals surface area contributed by atoms with E-state index < -0.39 is 4.92 Å². The zero-order valence-electron chi connectivity index (χ0n) is 8.75. The van der Waals surface area contributed by atoms with Gasteiger partial charge in [0, 0.05) is 28.5 Å². The second kappa shape index (κ2) is 5.25. The second-order valence-electron chi connectivity index (χ2n) is 3.27. The van der Waals surface area contributed by atoms with Crippen molar-refractivity contribution in [3.8, 4) is 6.07 Å². The second-order valence-corrected chi connectivity index (χ2v) is 5.48. The highest BCUT2D eigenvalue weighted by Gasteiger charge is 2.16. The number of non-ortho nitro benzene ring substituents is 1. The van der Waals surface area contributed by atoms with Crippen LogP contribution in [-0.2, 0) is 0 Å². The monoisotopic (exact) mass is 264 g/mol. The molecule has 6 heteroatoms. The lowest BCUT2D eigenvalue weighted by molar-refractivity contribution is -0.384. The summed E-state index contributed by atoms with van der Waals surface area (Å²) in [7, 11) is 0. The fraction of sp³-hybridized carbons (Fsp3) is 0.182. The predicted molar refractivity (Wildman–Crippen MR) is 70.5 cm³/mol. The molecule has 0 N–H and O–H groups in total. The molecular formula is C11H8N2O2S2. The van der Waals surface area contributed by atoms with Crippen molar-refractivity contribution in [1.29, 1.82) is 5.26 Å². The van der Waals surface area contributed by atoms with Crippen LogP contribution in [0.4, 0.5) is 5.69 Å². The molecule has 0 saturated heterocycles. The molecule has 0 radical (unpaired) electrons. The molecule has 0 fully saturated rings. The van der Waals surface area contributed by atoms with Gasteiger partial charge in [0.05, 0.1) is 9.83 Å². The van der Waals surface area contributed by atoms with Gasteiger partial charge in [0.1, 0.15) is 6.07 Å². The first-order chi connectivity index (χ1) is 8.22. The van der Waals surface area contributed by atoms with Gasteiger partial charge in [-0.15, -0.1) is 23.5 Å². The number of benzene rings is 1. The van der Waals surface area contributed by atoms with Gasteiger partial charge in [-0.1, -0.05) is 0 Å². The van der Waals surface area contributed by atoms with Crippen LogP contribution in [0, 0.1) is 21.4 Å². The zero-order valence-corrected chi connectivity index (χ0v) is 10.4. The SMILES string of the molecule is N#CC1=C(c2ccc([N+](=O)[O-])cc2)SCCS1. The first-order valence-electron chi connectivity index (χ1n) is 4.87. The van der Waals surface area contributed by atoms with Gasteiger partial charge in [0.25, 0.3) is 5.69 Å². The molecule has 1 aromatic carbocycles. The average molecular weight is 264 g/mol. The van der Waals surface area contributed by atoms with E-state index >= 15 is 0 Å². The van der Waals surface area contributed by atoms with Crippen LogP contribution >= 0.6 is 23.5 Å². The lowest BCUT2D eigenvalue weighted by atomic mass is 10.2. The first-order valence-corrected chi connectivity index (χ1v) is 6.84. The topological polar surface area (TPSA) is 66.9 Å². The zero-order chi connectivity index (χ0) is 12.3. The van der Waals surface area contributed by atoms with Gasteiger partial charge < -0.3 is 0 Å². The summed E-state index contributed by atoms with van der Waals surface area (Å²) in [6, 6.07) is 8.51. The molecule has 86 valence electrons. The van der Waals surface area contributed by atoms with Crippen molar-refractivity contribution in [3.63, 3.8) is 0 Å². The number of nitro benzene ring substituents is 1. The lowest BCUT2D eigenvalue weighted by Crippen LogP contribution is -1.96. The largest absolute Gasteiger partial charge is 0.269 e. The molecule has 0 bridgehead atoms. The Morgan fingerprint density at radius 2 is 1.88 bits per heavy atom. The normalized spacial score (nSPS) is 15.5. The van der Waals surface area contributed by atoms with Crippen LogP contribution in [0.1, 0.15) is 5.56 Å². The lowest BCUT2D eigenvalue weighted by Gasteiger charge is -2.14. The Balaban J connectivity index is 2.37. The van der Waals surface area contributed by atoms with Gasteiger partial charge in [-0.3, -0.25) is 10.1 Å². The summed E-state index contributed by atoms with van der Waals surface area (Å²) in [5.41, 5.74) is 0.950. The van der Waals surface area contributed by atoms with E-state index in [2.05, 4.69) is 6.07 Å². The minimum atomic E-state index is -0.424. The molecular weight excluding hydrogens is 256 g/mol. The molecule has 1 heterocycles. The highest BCUT2D eigenvalue weighted by molar-refractivity contribution is 8.13. The fourth-order valence-electron chi connectivity index (χ4n) is 1.45. The van der Waals surface area contributed by atoms with Crippen molar-refractivity contribution < 1.29 is 4.92 Å². The third-order valence-electron chi connectivity index (χ3n) is 2.22. The molecule has 0 atom stereocenters. The molecule has 4 nitrogen and oxygen atoms in total. The summed E-state index contributed by atoms with van der Waals surface area (Å²) in [4.78, 5) is 11.7. The Kier molecular flexibility index (Phi) is 3.71. The maximum atomic E-state index is 10.5. The molecule has 0 unspecified atom stereocenters. The Morgan fingerprint density at radius 3 is 2.47 bits per heavy atom.